The summed E-state index contributed by atoms with van der Waals surface area (Å²) in [5, 5.41) is 18.7. The van der Waals surface area contributed by atoms with E-state index in [1.807, 2.05) is 78.9 Å². The fourth-order valence-corrected chi connectivity index (χ4v) is 9.08. The normalized spacial score (nSPS) is 11.5. The maximum Gasteiger partial charge on any atom is 0.164 e. The zero-order valence-corrected chi connectivity index (χ0v) is 33.8. The molecule has 0 aliphatic rings. The number of rotatable bonds is 6. The summed E-state index contributed by atoms with van der Waals surface area (Å²) in [5.41, 5.74) is 11.6. The van der Waals surface area contributed by atoms with Crippen LogP contribution in [0.1, 0.15) is 5.56 Å². The second-order valence-corrected chi connectivity index (χ2v) is 15.9. The minimum absolute atomic E-state index is 0.577. The molecule has 2 heterocycles. The minimum Gasteiger partial charge on any atom is -0.456 e. The summed E-state index contributed by atoms with van der Waals surface area (Å²) < 4.78 is 6.28. The van der Waals surface area contributed by atoms with Crippen LogP contribution in [0.25, 0.3) is 122 Å². The molecule has 63 heavy (non-hydrogen) atoms. The molecule has 2 aromatic heterocycles. The van der Waals surface area contributed by atoms with Crippen LogP contribution in [-0.2, 0) is 0 Å². The average Bonchev–Trinajstić information content (AvgIpc) is 3.74. The van der Waals surface area contributed by atoms with Crippen molar-refractivity contribution in [1.29, 1.82) is 5.26 Å². The van der Waals surface area contributed by atoms with E-state index in [4.69, 9.17) is 19.4 Å². The van der Waals surface area contributed by atoms with Crippen LogP contribution in [0.15, 0.2) is 211 Å². The SMILES string of the molecule is N#Cc1cccc(-c2ccc(-c3cc4c5ccccc5c(-c5cccc(-c6nc(-c7ccccc7)nc(-c7ccc8c(c7)oc7ccccc78)n6)c5)cc4c4ccccc34)cc2)c1. The van der Waals surface area contributed by atoms with Gasteiger partial charge in [-0.1, -0.05) is 158 Å². The topological polar surface area (TPSA) is 75.6 Å². The van der Waals surface area contributed by atoms with Crippen LogP contribution in [0.2, 0.25) is 0 Å². The van der Waals surface area contributed by atoms with Gasteiger partial charge in [0, 0.05) is 27.5 Å². The lowest BCUT2D eigenvalue weighted by atomic mass is 9.87. The predicted molar refractivity (Wildman–Crippen MR) is 257 cm³/mol. The molecule has 0 saturated carbocycles. The molecule has 12 aromatic rings. The highest BCUT2D eigenvalue weighted by atomic mass is 16.3. The third-order valence-electron chi connectivity index (χ3n) is 12.1. The molecule has 0 spiro atoms. The number of hydrogen-bond donors (Lipinski definition) is 0. The zero-order valence-electron chi connectivity index (χ0n) is 33.8. The van der Waals surface area contributed by atoms with Gasteiger partial charge in [0.15, 0.2) is 17.5 Å². The van der Waals surface area contributed by atoms with Gasteiger partial charge in [0.1, 0.15) is 11.2 Å². The van der Waals surface area contributed by atoms with Crippen LogP contribution in [0.4, 0.5) is 0 Å². The molecule has 5 heteroatoms. The van der Waals surface area contributed by atoms with E-state index in [9.17, 15) is 5.26 Å². The van der Waals surface area contributed by atoms with Gasteiger partial charge in [-0.2, -0.15) is 5.26 Å². The van der Waals surface area contributed by atoms with Crippen molar-refractivity contribution in [3.8, 4) is 73.6 Å². The molecule has 0 amide bonds. The lowest BCUT2D eigenvalue weighted by Crippen LogP contribution is -2.00. The van der Waals surface area contributed by atoms with E-state index in [-0.39, 0.29) is 0 Å². The van der Waals surface area contributed by atoms with E-state index in [0.29, 0.717) is 23.0 Å². The first-order valence-electron chi connectivity index (χ1n) is 21.0. The number of para-hydroxylation sites is 1. The molecule has 0 aliphatic carbocycles. The molecule has 12 rings (SSSR count). The van der Waals surface area contributed by atoms with E-state index < -0.39 is 0 Å². The van der Waals surface area contributed by atoms with Crippen LogP contribution in [0, 0.1) is 11.3 Å². The van der Waals surface area contributed by atoms with E-state index in [2.05, 4.69) is 133 Å². The molecule has 0 unspecified atom stereocenters. The molecule has 0 atom stereocenters. The summed E-state index contributed by atoms with van der Waals surface area (Å²) >= 11 is 0. The quantitative estimate of drug-likeness (QED) is 0.157. The summed E-state index contributed by atoms with van der Waals surface area (Å²) in [6, 6.07) is 73.7. The number of fused-ring (bicyclic) bond motifs is 8. The Balaban J connectivity index is 0.997. The number of aromatic nitrogens is 3. The van der Waals surface area contributed by atoms with E-state index in [0.717, 1.165) is 71.8 Å². The first-order valence-corrected chi connectivity index (χ1v) is 21.0. The van der Waals surface area contributed by atoms with Crippen LogP contribution in [0.3, 0.4) is 0 Å². The van der Waals surface area contributed by atoms with Gasteiger partial charge in [-0.05, 0) is 114 Å². The second-order valence-electron chi connectivity index (χ2n) is 15.9. The van der Waals surface area contributed by atoms with Crippen molar-refractivity contribution >= 4 is 54.3 Å². The number of hydrogen-bond acceptors (Lipinski definition) is 5. The van der Waals surface area contributed by atoms with Gasteiger partial charge in [-0.25, -0.2) is 15.0 Å². The molecular formula is C58H34N4O. The van der Waals surface area contributed by atoms with Crippen LogP contribution < -0.4 is 0 Å². The van der Waals surface area contributed by atoms with Gasteiger partial charge in [0.05, 0.1) is 11.6 Å². The van der Waals surface area contributed by atoms with Crippen molar-refractivity contribution in [2.75, 3.05) is 0 Å². The lowest BCUT2D eigenvalue weighted by Gasteiger charge is -2.16. The summed E-state index contributed by atoms with van der Waals surface area (Å²) in [6.45, 7) is 0. The molecule has 292 valence electrons. The van der Waals surface area contributed by atoms with E-state index >= 15 is 0 Å². The predicted octanol–water partition coefficient (Wildman–Crippen LogP) is 15.1. The summed E-state index contributed by atoms with van der Waals surface area (Å²) in [6.07, 6.45) is 0. The largest absolute Gasteiger partial charge is 0.456 e. The molecule has 0 N–H and O–H groups in total. The third kappa shape index (κ3) is 6.29. The Morgan fingerprint density at radius 3 is 1.49 bits per heavy atom. The summed E-state index contributed by atoms with van der Waals surface area (Å²) in [5.74, 6) is 1.77. The van der Waals surface area contributed by atoms with Gasteiger partial charge in [-0.3, -0.25) is 0 Å². The Morgan fingerprint density at radius 1 is 0.302 bits per heavy atom. The zero-order chi connectivity index (χ0) is 41.9. The molecule has 5 nitrogen and oxygen atoms in total. The molecule has 0 bridgehead atoms. The van der Waals surface area contributed by atoms with Crippen LogP contribution >= 0.6 is 0 Å². The van der Waals surface area contributed by atoms with Gasteiger partial charge in [-0.15, -0.1) is 0 Å². The van der Waals surface area contributed by atoms with Crippen molar-refractivity contribution in [3.63, 3.8) is 0 Å². The highest BCUT2D eigenvalue weighted by molar-refractivity contribution is 6.24. The van der Waals surface area contributed by atoms with Crippen molar-refractivity contribution in [2.24, 2.45) is 0 Å². The van der Waals surface area contributed by atoms with E-state index in [1.165, 1.54) is 32.5 Å². The smallest absolute Gasteiger partial charge is 0.164 e. The Kier molecular flexibility index (Phi) is 8.48. The Morgan fingerprint density at radius 2 is 0.794 bits per heavy atom. The molecular weight excluding hydrogens is 769 g/mol. The highest BCUT2D eigenvalue weighted by Crippen LogP contribution is 2.43. The van der Waals surface area contributed by atoms with Crippen molar-refractivity contribution < 1.29 is 4.42 Å². The molecule has 10 aromatic carbocycles. The Bertz CT molecular complexity index is 3810. The second kappa shape index (κ2) is 14.8. The lowest BCUT2D eigenvalue weighted by molar-refractivity contribution is 0.669. The van der Waals surface area contributed by atoms with Crippen LogP contribution in [-0.4, -0.2) is 15.0 Å². The Labute approximate surface area is 362 Å². The number of nitrogens with zero attached hydrogens (tertiary/aromatic N) is 4. The van der Waals surface area contributed by atoms with Crippen molar-refractivity contribution in [2.45, 2.75) is 0 Å². The fraction of sp³-hybridized carbons (Fsp3) is 0. The average molecular weight is 803 g/mol. The van der Waals surface area contributed by atoms with Gasteiger partial charge >= 0.3 is 0 Å². The monoisotopic (exact) mass is 802 g/mol. The highest BCUT2D eigenvalue weighted by Gasteiger charge is 2.18. The third-order valence-corrected chi connectivity index (χ3v) is 12.1. The first-order chi connectivity index (χ1) is 31.1. The number of nitriles is 1. The standard InChI is InChI=1S/C58H34N4O/c59-35-36-12-10-15-40(30-36)37-24-26-38(27-25-37)50-33-52-47-21-7-5-19-45(47)51(34-53(52)46-20-6-4-18-44(46)50)41-16-11-17-42(31-41)57-60-56(39-13-2-1-3-14-39)61-58(62-57)43-28-29-49-48-22-8-9-23-54(48)63-55(49)32-43/h1-34H. The van der Waals surface area contributed by atoms with E-state index in [1.54, 1.807) is 0 Å². The first kappa shape index (κ1) is 36.2. The van der Waals surface area contributed by atoms with Gasteiger partial charge in [0.25, 0.3) is 0 Å². The van der Waals surface area contributed by atoms with Gasteiger partial charge < -0.3 is 4.42 Å². The molecule has 0 aliphatic heterocycles. The van der Waals surface area contributed by atoms with Gasteiger partial charge in [0.2, 0.25) is 0 Å². The van der Waals surface area contributed by atoms with Crippen molar-refractivity contribution in [1.82, 2.24) is 15.0 Å². The minimum atomic E-state index is 0.577. The molecule has 0 fully saturated rings. The maximum absolute atomic E-state index is 9.48. The van der Waals surface area contributed by atoms with Crippen LogP contribution in [0.5, 0.6) is 0 Å². The molecule has 0 saturated heterocycles. The summed E-state index contributed by atoms with van der Waals surface area (Å²) in [7, 11) is 0. The molecule has 0 radical (unpaired) electrons. The Hall–Kier alpha value is -8.72. The fourth-order valence-electron chi connectivity index (χ4n) is 9.08. The number of furan rings is 1. The summed E-state index contributed by atoms with van der Waals surface area (Å²) in [4.78, 5) is 15.3. The number of benzene rings is 10. The maximum atomic E-state index is 9.48. The van der Waals surface area contributed by atoms with Crippen molar-refractivity contribution in [3.05, 3.63) is 212 Å².